The molecule has 0 aromatic carbocycles. The van der Waals surface area contributed by atoms with Crippen LogP contribution in [0.3, 0.4) is 0 Å². The molecule has 1 aliphatic rings. The Morgan fingerprint density at radius 2 is 2.15 bits per heavy atom. The third-order valence-corrected chi connectivity index (χ3v) is 3.64. The second-order valence-corrected chi connectivity index (χ2v) is 4.95. The van der Waals surface area contributed by atoms with Gasteiger partial charge in [0.15, 0.2) is 0 Å². The van der Waals surface area contributed by atoms with Crippen molar-refractivity contribution in [1.29, 1.82) is 0 Å². The lowest BCUT2D eigenvalue weighted by Gasteiger charge is -2.27. The Bertz CT molecular complexity index is 440. The van der Waals surface area contributed by atoms with Gasteiger partial charge >= 0.3 is 5.97 Å². The number of amides is 1. The van der Waals surface area contributed by atoms with Crippen LogP contribution in [0.25, 0.3) is 0 Å². The van der Waals surface area contributed by atoms with E-state index in [2.05, 4.69) is 15.0 Å². The lowest BCUT2D eigenvalue weighted by molar-refractivity contribution is -0.148. The molecule has 0 N–H and O–H groups in total. The van der Waals surface area contributed by atoms with Gasteiger partial charge in [-0.15, -0.1) is 5.10 Å². The van der Waals surface area contributed by atoms with E-state index in [0.29, 0.717) is 13.0 Å². The Labute approximate surface area is 117 Å². The van der Waals surface area contributed by atoms with Crippen LogP contribution in [0.4, 0.5) is 0 Å². The summed E-state index contributed by atoms with van der Waals surface area (Å²) in [7, 11) is 1.34. The number of aromatic nitrogens is 3. The predicted octanol–water partition coefficient (Wildman–Crippen LogP) is 0.612. The fraction of sp³-hybridized carbons (Fsp3) is 0.692. The zero-order chi connectivity index (χ0) is 14.4. The van der Waals surface area contributed by atoms with Crippen LogP contribution in [0.1, 0.15) is 32.1 Å². The largest absolute Gasteiger partial charge is 0.468 e. The number of esters is 1. The van der Waals surface area contributed by atoms with Gasteiger partial charge in [-0.2, -0.15) is 0 Å². The van der Waals surface area contributed by atoms with Gasteiger partial charge in [0.1, 0.15) is 6.54 Å². The van der Waals surface area contributed by atoms with E-state index in [1.165, 1.54) is 7.11 Å². The quantitative estimate of drug-likeness (QED) is 0.714. The third kappa shape index (κ3) is 3.79. The third-order valence-electron chi connectivity index (χ3n) is 3.64. The average molecular weight is 280 g/mol. The van der Waals surface area contributed by atoms with Gasteiger partial charge in [0.05, 0.1) is 19.9 Å². The molecule has 0 bridgehead atoms. The second kappa shape index (κ2) is 7.02. The Balaban J connectivity index is 1.93. The molecular formula is C13H20N4O3. The van der Waals surface area contributed by atoms with Gasteiger partial charge in [-0.3, -0.25) is 14.3 Å². The van der Waals surface area contributed by atoms with Crippen molar-refractivity contribution in [3.8, 4) is 0 Å². The highest BCUT2D eigenvalue weighted by molar-refractivity contribution is 5.82. The monoisotopic (exact) mass is 280 g/mol. The molecule has 1 aromatic rings. The minimum atomic E-state index is -0.369. The van der Waals surface area contributed by atoms with E-state index in [4.69, 9.17) is 0 Å². The number of carbonyl (C=O) groups excluding carboxylic acids is 2. The first-order chi connectivity index (χ1) is 9.70. The maximum atomic E-state index is 12.3. The molecule has 0 atom stereocenters. The molecule has 2 rings (SSSR count). The van der Waals surface area contributed by atoms with Crippen molar-refractivity contribution in [1.82, 2.24) is 19.9 Å². The van der Waals surface area contributed by atoms with Crippen LogP contribution in [-0.4, -0.2) is 51.5 Å². The smallest absolute Gasteiger partial charge is 0.325 e. The molecule has 7 heteroatoms. The first-order valence-electron chi connectivity index (χ1n) is 6.91. The number of nitrogens with zero attached hydrogens (tertiary/aromatic N) is 4. The summed E-state index contributed by atoms with van der Waals surface area (Å²) in [4.78, 5) is 25.5. The Morgan fingerprint density at radius 1 is 1.40 bits per heavy atom. The fourth-order valence-electron chi connectivity index (χ4n) is 2.55. The summed E-state index contributed by atoms with van der Waals surface area (Å²) >= 11 is 0. The van der Waals surface area contributed by atoms with Crippen LogP contribution < -0.4 is 0 Å². The SMILES string of the molecule is COC(=O)CN(C(=O)CCn1ccnn1)C1CCCC1. The minimum absolute atomic E-state index is 0.0298. The van der Waals surface area contributed by atoms with Crippen molar-refractivity contribution < 1.29 is 14.3 Å². The first-order valence-corrected chi connectivity index (χ1v) is 6.91. The summed E-state index contributed by atoms with van der Waals surface area (Å²) in [6.07, 6.45) is 7.76. The summed E-state index contributed by atoms with van der Waals surface area (Å²) in [5.41, 5.74) is 0. The van der Waals surface area contributed by atoms with E-state index in [1.807, 2.05) is 0 Å². The molecule has 0 saturated heterocycles. The van der Waals surface area contributed by atoms with Crippen molar-refractivity contribution in [3.05, 3.63) is 12.4 Å². The van der Waals surface area contributed by atoms with Crippen molar-refractivity contribution >= 4 is 11.9 Å². The lowest BCUT2D eigenvalue weighted by Crippen LogP contribution is -2.42. The van der Waals surface area contributed by atoms with E-state index in [1.54, 1.807) is 22.0 Å². The Hall–Kier alpha value is -1.92. The molecule has 20 heavy (non-hydrogen) atoms. The fourth-order valence-corrected chi connectivity index (χ4v) is 2.55. The van der Waals surface area contributed by atoms with Crippen LogP contribution in [0.2, 0.25) is 0 Å². The Morgan fingerprint density at radius 3 is 2.75 bits per heavy atom. The van der Waals surface area contributed by atoms with Gasteiger partial charge in [0, 0.05) is 18.7 Å². The summed E-state index contributed by atoms with van der Waals surface area (Å²) in [6.45, 7) is 0.514. The molecule has 7 nitrogen and oxygen atoms in total. The topological polar surface area (TPSA) is 77.3 Å². The molecule has 0 spiro atoms. The summed E-state index contributed by atoms with van der Waals surface area (Å²) in [5.74, 6) is -0.399. The molecule has 0 aliphatic heterocycles. The highest BCUT2D eigenvalue weighted by Crippen LogP contribution is 2.24. The zero-order valence-corrected chi connectivity index (χ0v) is 11.7. The molecular weight excluding hydrogens is 260 g/mol. The number of hydrogen-bond acceptors (Lipinski definition) is 5. The van der Waals surface area contributed by atoms with Crippen LogP contribution in [0.5, 0.6) is 0 Å². The van der Waals surface area contributed by atoms with E-state index < -0.39 is 0 Å². The molecule has 1 aromatic heterocycles. The van der Waals surface area contributed by atoms with E-state index in [9.17, 15) is 9.59 Å². The van der Waals surface area contributed by atoms with Crippen molar-refractivity contribution in [2.75, 3.05) is 13.7 Å². The summed E-state index contributed by atoms with van der Waals surface area (Å²) < 4.78 is 6.29. The highest BCUT2D eigenvalue weighted by Gasteiger charge is 2.28. The van der Waals surface area contributed by atoms with Gasteiger partial charge in [0.25, 0.3) is 0 Å². The first kappa shape index (κ1) is 14.5. The highest BCUT2D eigenvalue weighted by atomic mass is 16.5. The van der Waals surface area contributed by atoms with E-state index in [0.717, 1.165) is 25.7 Å². The number of methoxy groups -OCH3 is 1. The molecule has 1 amide bonds. The normalized spacial score (nSPS) is 15.2. The predicted molar refractivity (Wildman–Crippen MR) is 70.6 cm³/mol. The van der Waals surface area contributed by atoms with Crippen LogP contribution in [0.15, 0.2) is 12.4 Å². The number of carbonyl (C=O) groups is 2. The minimum Gasteiger partial charge on any atom is -0.468 e. The molecule has 1 fully saturated rings. The number of hydrogen-bond donors (Lipinski definition) is 0. The molecule has 1 heterocycles. The average Bonchev–Trinajstić information content (AvgIpc) is 3.14. The maximum Gasteiger partial charge on any atom is 0.325 e. The number of aryl methyl sites for hydroxylation is 1. The van der Waals surface area contributed by atoms with E-state index in [-0.39, 0.29) is 24.5 Å². The van der Waals surface area contributed by atoms with Gasteiger partial charge < -0.3 is 9.64 Å². The number of ether oxygens (including phenoxy) is 1. The standard InChI is InChI=1S/C13H20N4O3/c1-20-13(19)10-17(11-4-2-3-5-11)12(18)6-8-16-9-7-14-15-16/h7,9,11H,2-6,8,10H2,1H3. The summed E-state index contributed by atoms with van der Waals surface area (Å²) in [6, 6.07) is 0.164. The zero-order valence-electron chi connectivity index (χ0n) is 11.7. The van der Waals surface area contributed by atoms with Gasteiger partial charge in [-0.05, 0) is 12.8 Å². The molecule has 1 aliphatic carbocycles. The molecule has 0 radical (unpaired) electrons. The lowest BCUT2D eigenvalue weighted by atomic mass is 10.2. The van der Waals surface area contributed by atoms with Crippen LogP contribution >= 0.6 is 0 Å². The Kier molecular flexibility index (Phi) is 5.09. The van der Waals surface area contributed by atoms with Gasteiger partial charge in [0.2, 0.25) is 5.91 Å². The van der Waals surface area contributed by atoms with Gasteiger partial charge in [-0.25, -0.2) is 0 Å². The molecule has 0 unspecified atom stereocenters. The van der Waals surface area contributed by atoms with E-state index >= 15 is 0 Å². The molecule has 110 valence electrons. The molecule has 1 saturated carbocycles. The van der Waals surface area contributed by atoms with Gasteiger partial charge in [-0.1, -0.05) is 18.1 Å². The van der Waals surface area contributed by atoms with Crippen LogP contribution in [0, 0.1) is 0 Å². The summed E-state index contributed by atoms with van der Waals surface area (Å²) in [5, 5.41) is 7.52. The van der Waals surface area contributed by atoms with Crippen molar-refractivity contribution in [3.63, 3.8) is 0 Å². The van der Waals surface area contributed by atoms with Crippen molar-refractivity contribution in [2.24, 2.45) is 0 Å². The van der Waals surface area contributed by atoms with Crippen molar-refractivity contribution in [2.45, 2.75) is 44.7 Å². The maximum absolute atomic E-state index is 12.3. The second-order valence-electron chi connectivity index (χ2n) is 4.95. The number of rotatable bonds is 6. The van der Waals surface area contributed by atoms with Crippen LogP contribution in [-0.2, 0) is 20.9 Å².